The maximum atomic E-state index is 12.2. The fourth-order valence-electron chi connectivity index (χ4n) is 4.05. The molecule has 0 saturated carbocycles. The second kappa shape index (κ2) is 11.1. The average molecular weight is 437 g/mol. The highest BCUT2D eigenvalue weighted by molar-refractivity contribution is 5.94. The second-order valence-corrected chi connectivity index (χ2v) is 8.55. The lowest BCUT2D eigenvalue weighted by atomic mass is 10.00. The number of nitrogens with one attached hydrogen (secondary N) is 1. The standard InChI is InChI=1S/C26H36N4O2/c1-6-27-26(28-13-12-21-8-7-9-22(17-21)25(31)29(4)5)30-14-15-32-24(18-30)23-11-10-19(2)16-20(23)3/h7-11,16-17,24H,6,12-15,18H2,1-5H3,(H,27,28). The minimum atomic E-state index is 0.0226. The average Bonchev–Trinajstić information content (AvgIpc) is 2.78. The Morgan fingerprint density at radius 2 is 2.03 bits per heavy atom. The van der Waals surface area contributed by atoms with Gasteiger partial charge in [0.05, 0.1) is 13.2 Å². The van der Waals surface area contributed by atoms with E-state index in [0.717, 1.165) is 37.6 Å². The van der Waals surface area contributed by atoms with Gasteiger partial charge in [-0.15, -0.1) is 0 Å². The number of carbonyl (C=O) groups is 1. The van der Waals surface area contributed by atoms with Crippen LogP contribution in [0.25, 0.3) is 0 Å². The molecule has 1 fully saturated rings. The van der Waals surface area contributed by atoms with Crippen molar-refractivity contribution in [2.24, 2.45) is 4.99 Å². The molecule has 1 aliphatic heterocycles. The summed E-state index contributed by atoms with van der Waals surface area (Å²) < 4.78 is 6.11. The van der Waals surface area contributed by atoms with Crippen molar-refractivity contribution in [1.82, 2.24) is 15.1 Å². The monoisotopic (exact) mass is 436 g/mol. The van der Waals surface area contributed by atoms with Crippen molar-refractivity contribution >= 4 is 11.9 Å². The zero-order chi connectivity index (χ0) is 23.1. The first-order valence-corrected chi connectivity index (χ1v) is 11.4. The van der Waals surface area contributed by atoms with Crippen molar-refractivity contribution in [2.45, 2.75) is 33.3 Å². The van der Waals surface area contributed by atoms with Gasteiger partial charge in [-0.05, 0) is 56.0 Å². The number of rotatable bonds is 6. The largest absolute Gasteiger partial charge is 0.370 e. The Bertz CT molecular complexity index is 955. The summed E-state index contributed by atoms with van der Waals surface area (Å²) in [6, 6.07) is 14.4. The molecule has 0 aromatic heterocycles. The van der Waals surface area contributed by atoms with Crippen LogP contribution < -0.4 is 5.32 Å². The predicted molar refractivity (Wildman–Crippen MR) is 130 cm³/mol. The zero-order valence-electron chi connectivity index (χ0n) is 20.0. The van der Waals surface area contributed by atoms with Crippen molar-refractivity contribution in [3.05, 3.63) is 70.3 Å². The van der Waals surface area contributed by atoms with Gasteiger partial charge in [-0.25, -0.2) is 0 Å². The number of nitrogens with zero attached hydrogens (tertiary/aromatic N) is 3. The highest BCUT2D eigenvalue weighted by Crippen LogP contribution is 2.26. The van der Waals surface area contributed by atoms with Crippen molar-refractivity contribution in [3.63, 3.8) is 0 Å². The first-order chi connectivity index (χ1) is 15.4. The molecule has 1 heterocycles. The van der Waals surface area contributed by atoms with E-state index in [1.807, 2.05) is 18.2 Å². The van der Waals surface area contributed by atoms with Crippen LogP contribution in [0.1, 0.15) is 45.6 Å². The third-order valence-corrected chi connectivity index (χ3v) is 5.72. The van der Waals surface area contributed by atoms with Gasteiger partial charge in [0.2, 0.25) is 0 Å². The zero-order valence-corrected chi connectivity index (χ0v) is 20.0. The molecule has 1 amide bonds. The van der Waals surface area contributed by atoms with Gasteiger partial charge in [0.15, 0.2) is 5.96 Å². The van der Waals surface area contributed by atoms with Gasteiger partial charge in [0, 0.05) is 39.3 Å². The van der Waals surface area contributed by atoms with Gasteiger partial charge >= 0.3 is 0 Å². The first kappa shape index (κ1) is 23.8. The van der Waals surface area contributed by atoms with E-state index in [4.69, 9.17) is 9.73 Å². The molecule has 1 unspecified atom stereocenters. The van der Waals surface area contributed by atoms with E-state index in [2.05, 4.69) is 55.3 Å². The van der Waals surface area contributed by atoms with Gasteiger partial charge in [-0.1, -0.05) is 35.9 Å². The molecule has 1 aliphatic rings. The van der Waals surface area contributed by atoms with Crippen LogP contribution in [-0.4, -0.2) is 68.5 Å². The Morgan fingerprint density at radius 3 is 2.75 bits per heavy atom. The molecule has 6 nitrogen and oxygen atoms in total. The number of carbonyl (C=O) groups excluding carboxylic acids is 1. The van der Waals surface area contributed by atoms with Gasteiger partial charge in [-0.3, -0.25) is 9.79 Å². The third kappa shape index (κ3) is 6.10. The van der Waals surface area contributed by atoms with E-state index in [1.165, 1.54) is 16.7 Å². The molecule has 6 heteroatoms. The number of guanidine groups is 1. The Balaban J connectivity index is 1.68. The predicted octanol–water partition coefficient (Wildman–Crippen LogP) is 3.59. The van der Waals surface area contributed by atoms with Crippen LogP contribution in [0.3, 0.4) is 0 Å². The van der Waals surface area contributed by atoms with Gasteiger partial charge in [0.1, 0.15) is 6.10 Å². The normalized spacial score (nSPS) is 16.7. The van der Waals surface area contributed by atoms with E-state index in [-0.39, 0.29) is 12.0 Å². The molecule has 0 bridgehead atoms. The minimum Gasteiger partial charge on any atom is -0.370 e. The minimum absolute atomic E-state index is 0.0226. The number of hydrogen-bond donors (Lipinski definition) is 1. The van der Waals surface area contributed by atoms with Crippen LogP contribution in [-0.2, 0) is 11.2 Å². The summed E-state index contributed by atoms with van der Waals surface area (Å²) in [5.74, 6) is 0.945. The fraction of sp³-hybridized carbons (Fsp3) is 0.462. The van der Waals surface area contributed by atoms with Crippen LogP contribution in [0.2, 0.25) is 0 Å². The Hall–Kier alpha value is -2.86. The van der Waals surface area contributed by atoms with Crippen molar-refractivity contribution in [3.8, 4) is 0 Å². The molecule has 2 aromatic rings. The lowest BCUT2D eigenvalue weighted by molar-refractivity contribution is -0.00833. The molecular formula is C26H36N4O2. The van der Waals surface area contributed by atoms with Crippen LogP contribution in [0.5, 0.6) is 0 Å². The van der Waals surface area contributed by atoms with Gasteiger partial charge in [-0.2, -0.15) is 0 Å². The molecule has 2 aromatic carbocycles. The first-order valence-electron chi connectivity index (χ1n) is 11.4. The molecule has 32 heavy (non-hydrogen) atoms. The number of aliphatic imine (C=N–C) groups is 1. The van der Waals surface area contributed by atoms with Crippen LogP contribution >= 0.6 is 0 Å². The summed E-state index contributed by atoms with van der Waals surface area (Å²) in [5, 5.41) is 3.44. The summed E-state index contributed by atoms with van der Waals surface area (Å²) in [6.07, 6.45) is 0.829. The number of benzene rings is 2. The Labute approximate surface area is 192 Å². The van der Waals surface area contributed by atoms with Gasteiger partial charge < -0.3 is 19.9 Å². The van der Waals surface area contributed by atoms with E-state index < -0.39 is 0 Å². The summed E-state index contributed by atoms with van der Waals surface area (Å²) in [7, 11) is 3.55. The van der Waals surface area contributed by atoms with Crippen molar-refractivity contribution in [2.75, 3.05) is 46.9 Å². The summed E-state index contributed by atoms with van der Waals surface area (Å²) in [6.45, 7) is 10.1. The quantitative estimate of drug-likeness (QED) is 0.555. The van der Waals surface area contributed by atoms with Crippen LogP contribution in [0, 0.1) is 13.8 Å². The molecule has 1 atom stereocenters. The number of morpholine rings is 1. The molecule has 0 aliphatic carbocycles. The summed E-state index contributed by atoms with van der Waals surface area (Å²) in [4.78, 5) is 21.0. The van der Waals surface area contributed by atoms with E-state index in [0.29, 0.717) is 18.7 Å². The molecule has 0 spiro atoms. The maximum absolute atomic E-state index is 12.2. The van der Waals surface area contributed by atoms with Crippen LogP contribution in [0.4, 0.5) is 0 Å². The summed E-state index contributed by atoms with van der Waals surface area (Å²) >= 11 is 0. The van der Waals surface area contributed by atoms with Crippen molar-refractivity contribution < 1.29 is 9.53 Å². The SMILES string of the molecule is CCNC(=NCCc1cccc(C(=O)N(C)C)c1)N1CCOC(c2ccc(C)cc2C)C1. The fourth-order valence-corrected chi connectivity index (χ4v) is 4.05. The summed E-state index contributed by atoms with van der Waals surface area (Å²) in [5.41, 5.74) is 5.62. The number of amides is 1. The molecule has 3 rings (SSSR count). The second-order valence-electron chi connectivity index (χ2n) is 8.55. The third-order valence-electron chi connectivity index (χ3n) is 5.72. The molecule has 0 radical (unpaired) electrons. The number of hydrogen-bond acceptors (Lipinski definition) is 3. The van der Waals surface area contributed by atoms with Crippen LogP contribution in [0.15, 0.2) is 47.5 Å². The lowest BCUT2D eigenvalue weighted by Gasteiger charge is -2.36. The molecule has 172 valence electrons. The topological polar surface area (TPSA) is 57.2 Å². The number of ether oxygens (including phenoxy) is 1. The maximum Gasteiger partial charge on any atom is 0.253 e. The van der Waals surface area contributed by atoms with Crippen molar-refractivity contribution in [1.29, 1.82) is 0 Å². The Kier molecular flexibility index (Phi) is 8.28. The highest BCUT2D eigenvalue weighted by Gasteiger charge is 2.25. The molecule has 1 N–H and O–H groups in total. The Morgan fingerprint density at radius 1 is 1.22 bits per heavy atom. The van der Waals surface area contributed by atoms with E-state index in [1.54, 1.807) is 19.0 Å². The molecule has 1 saturated heterocycles. The molecular weight excluding hydrogens is 400 g/mol. The van der Waals surface area contributed by atoms with Gasteiger partial charge in [0.25, 0.3) is 5.91 Å². The smallest absolute Gasteiger partial charge is 0.253 e. The van der Waals surface area contributed by atoms with E-state index >= 15 is 0 Å². The number of aryl methyl sites for hydroxylation is 2. The highest BCUT2D eigenvalue weighted by atomic mass is 16.5. The van der Waals surface area contributed by atoms with E-state index in [9.17, 15) is 4.79 Å². The lowest BCUT2D eigenvalue weighted by Crippen LogP contribution is -2.48.